The number of carbonyl (C=O) groups is 1. The first-order chi connectivity index (χ1) is 13.3. The van der Waals surface area contributed by atoms with Crippen LogP contribution in [0.2, 0.25) is 0 Å². The molecule has 2 heterocycles. The highest BCUT2D eigenvalue weighted by atomic mass is 16.2. The monoisotopic (exact) mass is 377 g/mol. The number of benzene rings is 1. The molecule has 1 aliphatic heterocycles. The normalized spacial score (nSPS) is 16.9. The second-order valence-corrected chi connectivity index (χ2v) is 8.18. The lowest BCUT2D eigenvalue weighted by atomic mass is 10.0. The number of fused-ring (bicyclic) bond motifs is 1. The quantitative estimate of drug-likeness (QED) is 0.838. The Labute approximate surface area is 166 Å². The van der Waals surface area contributed by atoms with Gasteiger partial charge in [0, 0.05) is 35.2 Å². The van der Waals surface area contributed by atoms with Gasteiger partial charge in [-0.3, -0.25) is 4.79 Å². The fourth-order valence-corrected chi connectivity index (χ4v) is 3.87. The van der Waals surface area contributed by atoms with E-state index in [0.717, 1.165) is 42.4 Å². The second kappa shape index (κ2) is 8.04. The average Bonchev–Trinajstić information content (AvgIpc) is 3.27. The number of aryl methyl sites for hydroxylation is 2. The number of likely N-dealkylation sites (tertiary alicyclic amines) is 1. The summed E-state index contributed by atoms with van der Waals surface area (Å²) < 4.78 is 2.26. The third-order valence-electron chi connectivity index (χ3n) is 5.64. The van der Waals surface area contributed by atoms with Crippen molar-refractivity contribution >= 4 is 16.8 Å². The number of amides is 1. The van der Waals surface area contributed by atoms with E-state index >= 15 is 0 Å². The zero-order valence-electron chi connectivity index (χ0n) is 16.8. The fourth-order valence-electron chi connectivity index (χ4n) is 3.87. The van der Waals surface area contributed by atoms with Crippen LogP contribution in [0.3, 0.4) is 0 Å². The number of aromatic nitrogens is 1. The molecule has 1 atom stereocenters. The molecule has 2 aromatic rings. The van der Waals surface area contributed by atoms with Gasteiger partial charge < -0.3 is 14.8 Å². The standard InChI is InChI=1S/C22H27N5O/c1-16-11-18-12-17(13-23)6-7-20(18)26(16)10-8-22(2,3)25-15-21(28)27-9-4-5-19(27)14-24/h6-7,11-12,19,25H,4-5,8-10,15H2,1-3H3. The maximum absolute atomic E-state index is 12.5. The summed E-state index contributed by atoms with van der Waals surface area (Å²) in [5, 5.41) is 22.7. The number of hydrogen-bond donors (Lipinski definition) is 1. The molecule has 1 fully saturated rings. The van der Waals surface area contributed by atoms with Gasteiger partial charge in [-0.2, -0.15) is 10.5 Å². The van der Waals surface area contributed by atoms with Gasteiger partial charge in [0.2, 0.25) is 5.91 Å². The first-order valence-corrected chi connectivity index (χ1v) is 9.79. The number of carbonyl (C=O) groups excluding carboxylic acids is 1. The van der Waals surface area contributed by atoms with Crippen LogP contribution >= 0.6 is 0 Å². The predicted molar refractivity (Wildman–Crippen MR) is 108 cm³/mol. The van der Waals surface area contributed by atoms with Gasteiger partial charge >= 0.3 is 0 Å². The molecule has 1 saturated heterocycles. The highest BCUT2D eigenvalue weighted by Gasteiger charge is 2.29. The van der Waals surface area contributed by atoms with Crippen LogP contribution in [0.5, 0.6) is 0 Å². The van der Waals surface area contributed by atoms with Crippen LogP contribution in [0.1, 0.15) is 44.4 Å². The molecule has 0 saturated carbocycles. The molecule has 6 nitrogen and oxygen atoms in total. The number of rotatable bonds is 6. The molecular weight excluding hydrogens is 350 g/mol. The van der Waals surface area contributed by atoms with Gasteiger partial charge in [0.05, 0.1) is 24.2 Å². The molecule has 0 bridgehead atoms. The topological polar surface area (TPSA) is 84.8 Å². The molecule has 1 aromatic carbocycles. The Hall–Kier alpha value is -2.83. The molecule has 1 aliphatic rings. The highest BCUT2D eigenvalue weighted by molar-refractivity contribution is 5.82. The van der Waals surface area contributed by atoms with E-state index in [1.165, 1.54) is 0 Å². The minimum absolute atomic E-state index is 0.00347. The molecule has 1 aromatic heterocycles. The maximum atomic E-state index is 12.5. The molecule has 0 aliphatic carbocycles. The summed E-state index contributed by atoms with van der Waals surface area (Å²) in [6.45, 7) is 8.02. The lowest BCUT2D eigenvalue weighted by Gasteiger charge is -2.28. The van der Waals surface area contributed by atoms with Crippen LogP contribution in [0, 0.1) is 29.6 Å². The van der Waals surface area contributed by atoms with Crippen molar-refractivity contribution in [3.63, 3.8) is 0 Å². The van der Waals surface area contributed by atoms with E-state index in [0.29, 0.717) is 12.1 Å². The Balaban J connectivity index is 1.61. The SMILES string of the molecule is Cc1cc2cc(C#N)ccc2n1CCC(C)(C)NCC(=O)N1CCCC1C#N. The Bertz CT molecular complexity index is 960. The van der Waals surface area contributed by atoms with Crippen molar-refractivity contribution < 1.29 is 4.79 Å². The Morgan fingerprint density at radius 3 is 2.82 bits per heavy atom. The molecule has 1 N–H and O–H groups in total. The Kier molecular flexibility index (Phi) is 5.72. The van der Waals surface area contributed by atoms with E-state index in [-0.39, 0.29) is 24.0 Å². The smallest absolute Gasteiger partial charge is 0.237 e. The first-order valence-electron chi connectivity index (χ1n) is 9.79. The third kappa shape index (κ3) is 4.18. The largest absolute Gasteiger partial charge is 0.345 e. The third-order valence-corrected chi connectivity index (χ3v) is 5.64. The lowest BCUT2D eigenvalue weighted by Crippen LogP contribution is -2.47. The summed E-state index contributed by atoms with van der Waals surface area (Å²) in [6, 6.07) is 12.0. The van der Waals surface area contributed by atoms with Crippen molar-refractivity contribution in [2.45, 2.75) is 58.2 Å². The van der Waals surface area contributed by atoms with Crippen LogP contribution in [-0.4, -0.2) is 40.0 Å². The molecule has 28 heavy (non-hydrogen) atoms. The van der Waals surface area contributed by atoms with Gasteiger partial charge in [-0.25, -0.2) is 0 Å². The van der Waals surface area contributed by atoms with E-state index < -0.39 is 0 Å². The first kappa shape index (κ1) is 19.9. The summed E-state index contributed by atoms with van der Waals surface area (Å²) >= 11 is 0. The molecule has 0 spiro atoms. The van der Waals surface area contributed by atoms with E-state index in [9.17, 15) is 4.79 Å². The van der Waals surface area contributed by atoms with Crippen molar-refractivity contribution in [3.05, 3.63) is 35.5 Å². The molecule has 1 unspecified atom stereocenters. The predicted octanol–water partition coefficient (Wildman–Crippen LogP) is 3.09. The molecule has 0 radical (unpaired) electrons. The van der Waals surface area contributed by atoms with E-state index in [1.807, 2.05) is 18.2 Å². The zero-order valence-corrected chi connectivity index (χ0v) is 16.8. The van der Waals surface area contributed by atoms with Crippen molar-refractivity contribution in [1.82, 2.24) is 14.8 Å². The molecular formula is C22H27N5O. The summed E-state index contributed by atoms with van der Waals surface area (Å²) in [6.07, 6.45) is 2.53. The summed E-state index contributed by atoms with van der Waals surface area (Å²) in [7, 11) is 0. The molecule has 1 amide bonds. The van der Waals surface area contributed by atoms with Gasteiger partial charge in [-0.15, -0.1) is 0 Å². The van der Waals surface area contributed by atoms with Gasteiger partial charge in [-0.1, -0.05) is 0 Å². The summed E-state index contributed by atoms with van der Waals surface area (Å²) in [5.41, 5.74) is 2.73. The summed E-state index contributed by atoms with van der Waals surface area (Å²) in [4.78, 5) is 14.2. The zero-order chi connectivity index (χ0) is 20.3. The van der Waals surface area contributed by atoms with Crippen molar-refractivity contribution in [2.24, 2.45) is 0 Å². The highest BCUT2D eigenvalue weighted by Crippen LogP contribution is 2.23. The van der Waals surface area contributed by atoms with Crippen LogP contribution in [0.15, 0.2) is 24.3 Å². The average molecular weight is 377 g/mol. The fraction of sp³-hybridized carbons (Fsp3) is 0.500. The van der Waals surface area contributed by atoms with Gasteiger partial charge in [0.15, 0.2) is 0 Å². The molecule has 3 rings (SSSR count). The van der Waals surface area contributed by atoms with E-state index in [1.54, 1.807) is 4.90 Å². The van der Waals surface area contributed by atoms with Gasteiger partial charge in [0.25, 0.3) is 0 Å². The van der Waals surface area contributed by atoms with Crippen molar-refractivity contribution in [1.29, 1.82) is 10.5 Å². The Morgan fingerprint density at radius 2 is 2.11 bits per heavy atom. The minimum Gasteiger partial charge on any atom is -0.345 e. The number of nitrogens with one attached hydrogen (secondary N) is 1. The maximum Gasteiger partial charge on any atom is 0.237 e. The summed E-state index contributed by atoms with van der Waals surface area (Å²) in [5.74, 6) is 0.00347. The van der Waals surface area contributed by atoms with Gasteiger partial charge in [-0.05, 0) is 64.3 Å². The van der Waals surface area contributed by atoms with E-state index in [4.69, 9.17) is 10.5 Å². The van der Waals surface area contributed by atoms with Crippen molar-refractivity contribution in [3.8, 4) is 12.1 Å². The van der Waals surface area contributed by atoms with Crippen LogP contribution < -0.4 is 5.32 Å². The number of nitriles is 2. The number of nitrogens with zero attached hydrogens (tertiary/aromatic N) is 4. The van der Waals surface area contributed by atoms with Crippen LogP contribution in [0.4, 0.5) is 0 Å². The number of hydrogen-bond acceptors (Lipinski definition) is 4. The molecule has 6 heteroatoms. The molecule has 146 valence electrons. The minimum atomic E-state index is -0.274. The van der Waals surface area contributed by atoms with Gasteiger partial charge in [0.1, 0.15) is 6.04 Å². The van der Waals surface area contributed by atoms with Crippen LogP contribution in [-0.2, 0) is 11.3 Å². The van der Waals surface area contributed by atoms with Crippen LogP contribution in [0.25, 0.3) is 10.9 Å². The lowest BCUT2D eigenvalue weighted by molar-refractivity contribution is -0.130. The second-order valence-electron chi connectivity index (χ2n) is 8.18. The van der Waals surface area contributed by atoms with Crippen molar-refractivity contribution in [2.75, 3.05) is 13.1 Å². The van der Waals surface area contributed by atoms with E-state index in [2.05, 4.69) is 48.9 Å². The Morgan fingerprint density at radius 1 is 1.32 bits per heavy atom.